The van der Waals surface area contributed by atoms with Gasteiger partial charge in [0.05, 0.1) is 17.6 Å². The molecule has 3 aromatic carbocycles. The first kappa shape index (κ1) is 18.4. The molecule has 5 rings (SSSR count). The third kappa shape index (κ3) is 3.43. The Hall–Kier alpha value is -3.60. The number of nitrogens with zero attached hydrogens (tertiary/aromatic N) is 2. The highest BCUT2D eigenvalue weighted by Crippen LogP contribution is 2.31. The van der Waals surface area contributed by atoms with Crippen LogP contribution in [0.15, 0.2) is 60.7 Å². The maximum absolute atomic E-state index is 13.0. The van der Waals surface area contributed by atoms with Crippen LogP contribution in [0.4, 0.5) is 0 Å². The second-order valence-electron chi connectivity index (χ2n) is 7.82. The van der Waals surface area contributed by atoms with E-state index >= 15 is 0 Å². The lowest BCUT2D eigenvalue weighted by atomic mass is 10.0. The molecule has 0 radical (unpaired) electrons. The van der Waals surface area contributed by atoms with Gasteiger partial charge in [0.2, 0.25) is 0 Å². The van der Waals surface area contributed by atoms with Gasteiger partial charge in [-0.1, -0.05) is 29.8 Å². The number of ether oxygens (including phenoxy) is 1. The van der Waals surface area contributed by atoms with Gasteiger partial charge in [0, 0.05) is 17.7 Å². The number of carbonyl (C=O) groups excluding carboxylic acids is 1. The summed E-state index contributed by atoms with van der Waals surface area (Å²) in [4.78, 5) is 22.7. The summed E-state index contributed by atoms with van der Waals surface area (Å²) in [5.74, 6) is 1.78. The lowest BCUT2D eigenvalue weighted by molar-refractivity contribution is 0.0733. The molecule has 1 amide bonds. The van der Waals surface area contributed by atoms with Gasteiger partial charge in [-0.15, -0.1) is 0 Å². The molecule has 0 aliphatic carbocycles. The van der Waals surface area contributed by atoms with Gasteiger partial charge in [-0.2, -0.15) is 0 Å². The van der Waals surface area contributed by atoms with E-state index in [0.29, 0.717) is 25.3 Å². The fourth-order valence-electron chi connectivity index (χ4n) is 3.94. The number of hydrogen-bond donors (Lipinski definition) is 1. The van der Waals surface area contributed by atoms with E-state index in [2.05, 4.69) is 34.2 Å². The number of amides is 1. The second kappa shape index (κ2) is 7.34. The average molecular weight is 397 g/mol. The molecule has 1 aromatic heterocycles. The van der Waals surface area contributed by atoms with Crippen molar-refractivity contribution in [3.05, 3.63) is 83.2 Å². The third-order valence-corrected chi connectivity index (χ3v) is 5.56. The number of aryl methyl sites for hydroxylation is 2. The molecule has 0 bridgehead atoms. The molecule has 5 heteroatoms. The molecule has 0 fully saturated rings. The van der Waals surface area contributed by atoms with Crippen LogP contribution in [0.3, 0.4) is 0 Å². The van der Waals surface area contributed by atoms with Crippen molar-refractivity contribution in [1.82, 2.24) is 14.9 Å². The first-order chi connectivity index (χ1) is 14.6. The summed E-state index contributed by atoms with van der Waals surface area (Å²) >= 11 is 0. The minimum absolute atomic E-state index is 0.0335. The first-order valence-electron chi connectivity index (χ1n) is 10.2. The van der Waals surface area contributed by atoms with E-state index in [9.17, 15) is 4.79 Å². The summed E-state index contributed by atoms with van der Waals surface area (Å²) < 4.78 is 5.94. The largest absolute Gasteiger partial charge is 0.491 e. The number of carbonyl (C=O) groups is 1. The number of H-pyrrole nitrogens is 1. The molecule has 0 saturated heterocycles. The van der Waals surface area contributed by atoms with E-state index in [0.717, 1.165) is 44.9 Å². The van der Waals surface area contributed by atoms with Crippen LogP contribution < -0.4 is 4.74 Å². The highest BCUT2D eigenvalue weighted by Gasteiger charge is 2.21. The van der Waals surface area contributed by atoms with Gasteiger partial charge in [0.1, 0.15) is 18.2 Å². The number of rotatable bonds is 2. The molecule has 30 heavy (non-hydrogen) atoms. The quantitative estimate of drug-likeness (QED) is 0.524. The maximum atomic E-state index is 13.0. The topological polar surface area (TPSA) is 58.2 Å². The number of benzene rings is 3. The van der Waals surface area contributed by atoms with Crippen LogP contribution in [-0.2, 0) is 6.54 Å². The molecule has 1 aliphatic heterocycles. The van der Waals surface area contributed by atoms with Crippen LogP contribution in [0.2, 0.25) is 0 Å². The Labute approximate surface area is 175 Å². The normalized spacial score (nSPS) is 13.6. The Morgan fingerprint density at radius 3 is 2.60 bits per heavy atom. The summed E-state index contributed by atoms with van der Waals surface area (Å²) in [5, 5.41) is 0. The van der Waals surface area contributed by atoms with Crippen LogP contribution in [0.5, 0.6) is 5.75 Å². The van der Waals surface area contributed by atoms with Crippen molar-refractivity contribution >= 4 is 16.9 Å². The van der Waals surface area contributed by atoms with Crippen molar-refractivity contribution in [3.63, 3.8) is 0 Å². The molecule has 0 saturated carbocycles. The van der Waals surface area contributed by atoms with Gasteiger partial charge in [-0.25, -0.2) is 4.98 Å². The number of nitrogens with one attached hydrogen (secondary N) is 1. The van der Waals surface area contributed by atoms with Crippen molar-refractivity contribution in [2.45, 2.75) is 20.4 Å². The van der Waals surface area contributed by atoms with Gasteiger partial charge in [0.15, 0.2) is 0 Å². The maximum Gasteiger partial charge on any atom is 0.254 e. The summed E-state index contributed by atoms with van der Waals surface area (Å²) in [6.45, 7) is 5.56. The monoisotopic (exact) mass is 397 g/mol. The van der Waals surface area contributed by atoms with Crippen LogP contribution in [0, 0.1) is 13.8 Å². The molecule has 1 N–H and O–H groups in total. The van der Waals surface area contributed by atoms with Gasteiger partial charge in [-0.3, -0.25) is 4.79 Å². The minimum Gasteiger partial charge on any atom is -0.491 e. The fraction of sp³-hybridized carbons (Fsp3) is 0.200. The van der Waals surface area contributed by atoms with E-state index in [1.54, 1.807) is 0 Å². The highest BCUT2D eigenvalue weighted by atomic mass is 16.5. The summed E-state index contributed by atoms with van der Waals surface area (Å²) in [6.07, 6.45) is 0. The van der Waals surface area contributed by atoms with Crippen molar-refractivity contribution < 1.29 is 9.53 Å². The number of aromatic nitrogens is 2. The Kier molecular flexibility index (Phi) is 4.51. The van der Waals surface area contributed by atoms with Crippen molar-refractivity contribution in [2.24, 2.45) is 0 Å². The zero-order valence-electron chi connectivity index (χ0n) is 17.1. The van der Waals surface area contributed by atoms with E-state index in [1.807, 2.05) is 55.1 Å². The van der Waals surface area contributed by atoms with Crippen molar-refractivity contribution in [1.29, 1.82) is 0 Å². The van der Waals surface area contributed by atoms with Crippen LogP contribution in [0.25, 0.3) is 22.2 Å². The zero-order chi connectivity index (χ0) is 20.7. The second-order valence-corrected chi connectivity index (χ2v) is 7.82. The molecule has 2 heterocycles. The first-order valence-corrected chi connectivity index (χ1v) is 10.2. The lowest BCUT2D eigenvalue weighted by Gasteiger charge is -2.20. The molecular weight excluding hydrogens is 374 g/mol. The summed E-state index contributed by atoms with van der Waals surface area (Å²) in [7, 11) is 0. The van der Waals surface area contributed by atoms with Gasteiger partial charge >= 0.3 is 0 Å². The molecule has 5 nitrogen and oxygen atoms in total. The van der Waals surface area contributed by atoms with E-state index in [4.69, 9.17) is 4.74 Å². The van der Waals surface area contributed by atoms with Gasteiger partial charge in [0.25, 0.3) is 5.91 Å². The van der Waals surface area contributed by atoms with Crippen LogP contribution in [0.1, 0.15) is 27.3 Å². The number of fused-ring (bicyclic) bond motifs is 2. The predicted octanol–water partition coefficient (Wildman–Crippen LogP) is 4.88. The van der Waals surface area contributed by atoms with E-state index < -0.39 is 0 Å². The molecule has 0 atom stereocenters. The standard InChI is InChI=1S/C25H23N3O2/c1-16-3-5-18(6-4-16)25(29)28-11-12-30-24-10-8-19(13-21(24)15-28)20-7-9-22-23(14-20)27-17(2)26-22/h3-10,13-14H,11-12,15H2,1-2H3,(H,26,27). The average Bonchev–Trinajstić information content (AvgIpc) is 2.99. The number of aromatic amines is 1. The van der Waals surface area contributed by atoms with E-state index in [1.165, 1.54) is 0 Å². The molecule has 4 aromatic rings. The van der Waals surface area contributed by atoms with Crippen molar-refractivity contribution in [3.8, 4) is 16.9 Å². The third-order valence-electron chi connectivity index (χ3n) is 5.56. The smallest absolute Gasteiger partial charge is 0.254 e. The molecule has 0 unspecified atom stereocenters. The van der Waals surface area contributed by atoms with Crippen LogP contribution in [-0.4, -0.2) is 33.9 Å². The Balaban J connectivity index is 1.46. The van der Waals surface area contributed by atoms with Crippen LogP contribution >= 0.6 is 0 Å². The molecule has 0 spiro atoms. The van der Waals surface area contributed by atoms with Gasteiger partial charge < -0.3 is 14.6 Å². The lowest BCUT2D eigenvalue weighted by Crippen LogP contribution is -2.32. The Morgan fingerprint density at radius 2 is 1.77 bits per heavy atom. The highest BCUT2D eigenvalue weighted by molar-refractivity contribution is 5.94. The SMILES string of the molecule is Cc1ccc(C(=O)N2CCOc3ccc(-c4ccc5nc(C)[nH]c5c4)cc3C2)cc1. The number of hydrogen-bond acceptors (Lipinski definition) is 3. The summed E-state index contributed by atoms with van der Waals surface area (Å²) in [5.41, 5.74) is 7.05. The molecule has 150 valence electrons. The van der Waals surface area contributed by atoms with E-state index in [-0.39, 0.29) is 5.91 Å². The predicted molar refractivity (Wildman–Crippen MR) is 118 cm³/mol. The molecule has 1 aliphatic rings. The van der Waals surface area contributed by atoms with Gasteiger partial charge in [-0.05, 0) is 61.4 Å². The minimum atomic E-state index is 0.0335. The Morgan fingerprint density at radius 1 is 1.00 bits per heavy atom. The van der Waals surface area contributed by atoms with Crippen molar-refractivity contribution in [2.75, 3.05) is 13.2 Å². The zero-order valence-corrected chi connectivity index (χ0v) is 17.1. The fourth-order valence-corrected chi connectivity index (χ4v) is 3.94. The molecular formula is C25H23N3O2. The Bertz CT molecular complexity index is 1240. The summed E-state index contributed by atoms with van der Waals surface area (Å²) in [6, 6.07) is 20.2. The number of imidazole rings is 1.